The van der Waals surface area contributed by atoms with Gasteiger partial charge in [-0.2, -0.15) is 13.2 Å². The van der Waals surface area contributed by atoms with Gasteiger partial charge in [0.2, 0.25) is 0 Å². The number of carbonyl (C=O) groups is 1. The van der Waals surface area contributed by atoms with Crippen LogP contribution in [0.1, 0.15) is 15.9 Å². The van der Waals surface area contributed by atoms with E-state index in [4.69, 9.17) is 9.84 Å². The van der Waals surface area contributed by atoms with Gasteiger partial charge in [0.15, 0.2) is 0 Å². The summed E-state index contributed by atoms with van der Waals surface area (Å²) in [5, 5.41) is 9.05. The highest BCUT2D eigenvalue weighted by atomic mass is 79.9. The molecule has 3 nitrogen and oxygen atoms in total. The Labute approximate surface area is 126 Å². The molecule has 0 saturated heterocycles. The second-order valence-corrected chi connectivity index (χ2v) is 4.96. The van der Waals surface area contributed by atoms with Gasteiger partial charge in [-0.1, -0.05) is 28.1 Å². The molecule has 2 aromatic rings. The lowest BCUT2D eigenvalue weighted by molar-refractivity contribution is -0.138. The minimum absolute atomic E-state index is 0.173. The third-order valence-corrected chi connectivity index (χ3v) is 3.08. The molecule has 0 radical (unpaired) electrons. The molecular formula is C14H8BrF3O3. The zero-order chi connectivity index (χ0) is 15.6. The first-order valence-corrected chi connectivity index (χ1v) is 6.45. The highest BCUT2D eigenvalue weighted by molar-refractivity contribution is 9.10. The maximum atomic E-state index is 12.9. The van der Waals surface area contributed by atoms with Gasteiger partial charge in [-0.05, 0) is 30.3 Å². The average Bonchev–Trinajstić information content (AvgIpc) is 2.37. The highest BCUT2D eigenvalue weighted by Gasteiger charge is 2.34. The molecule has 21 heavy (non-hydrogen) atoms. The molecule has 110 valence electrons. The predicted molar refractivity (Wildman–Crippen MR) is 72.6 cm³/mol. The summed E-state index contributed by atoms with van der Waals surface area (Å²) in [5.41, 5.74) is -1.20. The molecular weight excluding hydrogens is 353 g/mol. The third kappa shape index (κ3) is 3.55. The molecule has 0 spiro atoms. The zero-order valence-electron chi connectivity index (χ0n) is 10.3. The highest BCUT2D eigenvalue weighted by Crippen LogP contribution is 2.39. The topological polar surface area (TPSA) is 46.5 Å². The first kappa shape index (κ1) is 15.4. The molecule has 0 amide bonds. The minimum Gasteiger partial charge on any atom is -0.478 e. The number of halogens is 4. The predicted octanol–water partition coefficient (Wildman–Crippen LogP) is 4.96. The normalized spacial score (nSPS) is 11.2. The van der Waals surface area contributed by atoms with Crippen LogP contribution in [0.3, 0.4) is 0 Å². The minimum atomic E-state index is -4.59. The number of hydrogen-bond donors (Lipinski definition) is 1. The van der Waals surface area contributed by atoms with E-state index in [9.17, 15) is 18.0 Å². The van der Waals surface area contributed by atoms with Crippen molar-refractivity contribution < 1.29 is 27.8 Å². The second-order valence-electron chi connectivity index (χ2n) is 4.04. The van der Waals surface area contributed by atoms with Gasteiger partial charge in [0.25, 0.3) is 0 Å². The molecule has 0 saturated carbocycles. The molecule has 0 heterocycles. The fourth-order valence-corrected chi connectivity index (χ4v) is 2.01. The number of para-hydroxylation sites is 1. The van der Waals surface area contributed by atoms with E-state index in [0.717, 1.165) is 12.1 Å². The average molecular weight is 361 g/mol. The third-order valence-electron chi connectivity index (χ3n) is 2.59. The fourth-order valence-electron chi connectivity index (χ4n) is 1.67. The SMILES string of the molecule is O=C(O)c1ccc(Br)cc1Oc1ccccc1C(F)(F)F. The van der Waals surface area contributed by atoms with Crippen molar-refractivity contribution in [1.29, 1.82) is 0 Å². The number of alkyl halides is 3. The lowest BCUT2D eigenvalue weighted by Gasteiger charge is -2.14. The van der Waals surface area contributed by atoms with E-state index in [0.29, 0.717) is 4.47 Å². The molecule has 0 atom stereocenters. The number of aromatic carboxylic acids is 1. The van der Waals surface area contributed by atoms with Crippen LogP contribution in [0.25, 0.3) is 0 Å². The molecule has 0 aliphatic rings. The van der Waals surface area contributed by atoms with Crippen molar-refractivity contribution in [2.24, 2.45) is 0 Å². The number of benzene rings is 2. The first-order valence-electron chi connectivity index (χ1n) is 5.66. The monoisotopic (exact) mass is 360 g/mol. The standard InChI is InChI=1S/C14H8BrF3O3/c15-8-5-6-9(13(19)20)12(7-8)21-11-4-2-1-3-10(11)14(16,17)18/h1-7H,(H,19,20). The van der Waals surface area contributed by atoms with Crippen LogP contribution in [0.5, 0.6) is 11.5 Å². The van der Waals surface area contributed by atoms with E-state index < -0.39 is 23.5 Å². The lowest BCUT2D eigenvalue weighted by Crippen LogP contribution is -2.08. The molecule has 2 aromatic carbocycles. The van der Waals surface area contributed by atoms with Gasteiger partial charge in [0.1, 0.15) is 17.1 Å². The molecule has 0 fully saturated rings. The van der Waals surface area contributed by atoms with Crippen LogP contribution < -0.4 is 4.74 Å². The summed E-state index contributed by atoms with van der Waals surface area (Å²) in [4.78, 5) is 11.1. The zero-order valence-corrected chi connectivity index (χ0v) is 11.9. The number of carboxylic acid groups (broad SMARTS) is 1. The Morgan fingerprint density at radius 2 is 1.76 bits per heavy atom. The summed E-state index contributed by atoms with van der Waals surface area (Å²) in [6.07, 6.45) is -4.59. The van der Waals surface area contributed by atoms with Crippen molar-refractivity contribution in [1.82, 2.24) is 0 Å². The Morgan fingerprint density at radius 3 is 2.38 bits per heavy atom. The van der Waals surface area contributed by atoms with Gasteiger partial charge in [-0.15, -0.1) is 0 Å². The summed E-state index contributed by atoms with van der Waals surface area (Å²) in [5.74, 6) is -1.92. The smallest absolute Gasteiger partial charge is 0.419 e. The van der Waals surface area contributed by atoms with Crippen molar-refractivity contribution in [3.05, 3.63) is 58.1 Å². The van der Waals surface area contributed by atoms with Gasteiger partial charge in [0.05, 0.1) is 5.56 Å². The van der Waals surface area contributed by atoms with Crippen molar-refractivity contribution in [2.45, 2.75) is 6.18 Å². The Balaban J connectivity index is 2.49. The van der Waals surface area contributed by atoms with E-state index >= 15 is 0 Å². The molecule has 0 bridgehead atoms. The second kappa shape index (κ2) is 5.77. The van der Waals surface area contributed by atoms with Crippen molar-refractivity contribution in [2.75, 3.05) is 0 Å². The molecule has 0 aliphatic heterocycles. The molecule has 0 unspecified atom stereocenters. The van der Waals surface area contributed by atoms with Gasteiger partial charge in [0, 0.05) is 4.47 Å². The van der Waals surface area contributed by atoms with E-state index in [2.05, 4.69) is 15.9 Å². The van der Waals surface area contributed by atoms with E-state index in [-0.39, 0.29) is 11.3 Å². The quantitative estimate of drug-likeness (QED) is 0.841. The summed E-state index contributed by atoms with van der Waals surface area (Å²) in [6.45, 7) is 0. The number of carboxylic acids is 1. The van der Waals surface area contributed by atoms with E-state index in [1.54, 1.807) is 0 Å². The van der Waals surface area contributed by atoms with Gasteiger partial charge in [-0.25, -0.2) is 4.79 Å². The van der Waals surface area contributed by atoms with Gasteiger partial charge < -0.3 is 9.84 Å². The van der Waals surface area contributed by atoms with Crippen molar-refractivity contribution in [3.8, 4) is 11.5 Å². The summed E-state index contributed by atoms with van der Waals surface area (Å²) < 4.78 is 44.3. The van der Waals surface area contributed by atoms with Crippen molar-refractivity contribution in [3.63, 3.8) is 0 Å². The fraction of sp³-hybridized carbons (Fsp3) is 0.0714. The largest absolute Gasteiger partial charge is 0.478 e. The number of rotatable bonds is 3. The molecule has 0 aromatic heterocycles. The Bertz CT molecular complexity index is 683. The lowest BCUT2D eigenvalue weighted by atomic mass is 10.1. The molecule has 2 rings (SSSR count). The number of ether oxygens (including phenoxy) is 1. The first-order chi connectivity index (χ1) is 9.79. The Hall–Kier alpha value is -2.02. The summed E-state index contributed by atoms with van der Waals surface area (Å²) in [7, 11) is 0. The van der Waals surface area contributed by atoms with Crippen LogP contribution in [0, 0.1) is 0 Å². The van der Waals surface area contributed by atoms with Crippen LogP contribution in [-0.4, -0.2) is 11.1 Å². The molecule has 0 aliphatic carbocycles. The van der Waals surface area contributed by atoms with Gasteiger partial charge in [-0.3, -0.25) is 0 Å². The Kier molecular flexibility index (Phi) is 4.22. The summed E-state index contributed by atoms with van der Waals surface area (Å²) in [6, 6.07) is 8.63. The van der Waals surface area contributed by atoms with Crippen LogP contribution >= 0.6 is 15.9 Å². The van der Waals surface area contributed by atoms with Crippen LogP contribution in [0.2, 0.25) is 0 Å². The Morgan fingerprint density at radius 1 is 1.10 bits per heavy atom. The maximum Gasteiger partial charge on any atom is 0.419 e. The van der Waals surface area contributed by atoms with Gasteiger partial charge >= 0.3 is 12.1 Å². The number of hydrogen-bond acceptors (Lipinski definition) is 2. The molecule has 1 N–H and O–H groups in total. The van der Waals surface area contributed by atoms with Crippen LogP contribution in [-0.2, 0) is 6.18 Å². The van der Waals surface area contributed by atoms with Crippen LogP contribution in [0.4, 0.5) is 13.2 Å². The van der Waals surface area contributed by atoms with E-state index in [1.165, 1.54) is 30.3 Å². The van der Waals surface area contributed by atoms with Crippen LogP contribution in [0.15, 0.2) is 46.9 Å². The maximum absolute atomic E-state index is 12.9. The van der Waals surface area contributed by atoms with Crippen molar-refractivity contribution >= 4 is 21.9 Å². The molecule has 7 heteroatoms. The summed E-state index contributed by atoms with van der Waals surface area (Å²) >= 11 is 3.12. The van der Waals surface area contributed by atoms with E-state index in [1.807, 2.05) is 0 Å².